The van der Waals surface area contributed by atoms with E-state index in [0.29, 0.717) is 0 Å². The monoisotopic (exact) mass is 315 g/mol. The van der Waals surface area contributed by atoms with Crippen molar-refractivity contribution >= 4 is 11.7 Å². The van der Waals surface area contributed by atoms with Gasteiger partial charge in [0.1, 0.15) is 5.41 Å². The maximum Gasteiger partial charge on any atom is 0.390 e. The van der Waals surface area contributed by atoms with Crippen LogP contribution in [0.1, 0.15) is 28.8 Å². The van der Waals surface area contributed by atoms with Crippen LogP contribution in [0.2, 0.25) is 0 Å². The highest BCUT2D eigenvalue weighted by atomic mass is 19.4. The predicted octanol–water partition coefficient (Wildman–Crippen LogP) is 2.91. The summed E-state index contributed by atoms with van der Waals surface area (Å²) in [6, 6.07) is 6.14. The maximum atomic E-state index is 12.9. The molecule has 0 saturated carbocycles. The number of hydrogen-bond acceptors (Lipinski definition) is 3. The van der Waals surface area contributed by atoms with Crippen LogP contribution in [-0.2, 0) is 9.63 Å². The third kappa shape index (κ3) is 2.99. The van der Waals surface area contributed by atoms with E-state index in [1.54, 1.807) is 19.1 Å². The molecule has 1 heterocycles. The molecule has 0 bridgehead atoms. The first-order chi connectivity index (χ1) is 10.2. The van der Waals surface area contributed by atoms with Crippen LogP contribution in [0.5, 0.6) is 0 Å². The Balaban J connectivity index is 2.43. The number of aryl methyl sites for hydroxylation is 1. The molecule has 0 aliphatic carbocycles. The molecule has 1 fully saturated rings. The SMILES string of the molecule is CON1CC[C@@](CC(F)(F)F)(C(=O)c2ccc(C)cc2)C1=O. The number of benzene rings is 1. The van der Waals surface area contributed by atoms with Gasteiger partial charge in [0.05, 0.1) is 20.1 Å². The van der Waals surface area contributed by atoms with E-state index in [9.17, 15) is 22.8 Å². The molecule has 1 aliphatic rings. The number of halogens is 3. The molecule has 7 heteroatoms. The summed E-state index contributed by atoms with van der Waals surface area (Å²) in [6.07, 6.45) is -6.32. The minimum absolute atomic E-state index is 0.0387. The summed E-state index contributed by atoms with van der Waals surface area (Å²) in [6.45, 7) is 1.76. The maximum absolute atomic E-state index is 12.9. The van der Waals surface area contributed by atoms with Crippen LogP contribution in [0.4, 0.5) is 13.2 Å². The van der Waals surface area contributed by atoms with Crippen molar-refractivity contribution in [3.05, 3.63) is 35.4 Å². The standard InChI is InChI=1S/C15H16F3NO3/c1-10-3-5-11(6-4-10)12(20)14(9-15(16,17)18)7-8-19(22-2)13(14)21/h3-6H,7-9H2,1-2H3/t14-/m1/s1. The summed E-state index contributed by atoms with van der Waals surface area (Å²) in [5.41, 5.74) is -1.16. The van der Waals surface area contributed by atoms with Crippen LogP contribution in [0.3, 0.4) is 0 Å². The highest BCUT2D eigenvalue weighted by Gasteiger charge is 2.58. The van der Waals surface area contributed by atoms with Crippen molar-refractivity contribution in [3.8, 4) is 0 Å². The third-order valence-electron chi connectivity index (χ3n) is 3.85. The van der Waals surface area contributed by atoms with E-state index in [1.807, 2.05) is 0 Å². The second-order valence-electron chi connectivity index (χ2n) is 5.41. The lowest BCUT2D eigenvalue weighted by Gasteiger charge is -2.27. The van der Waals surface area contributed by atoms with Gasteiger partial charge in [-0.05, 0) is 13.3 Å². The highest BCUT2D eigenvalue weighted by Crippen LogP contribution is 2.44. The molecule has 1 amide bonds. The Bertz CT molecular complexity index is 583. The van der Waals surface area contributed by atoms with E-state index < -0.39 is 29.7 Å². The van der Waals surface area contributed by atoms with Crippen LogP contribution < -0.4 is 0 Å². The zero-order chi connectivity index (χ0) is 16.5. The molecular weight excluding hydrogens is 299 g/mol. The number of amides is 1. The van der Waals surface area contributed by atoms with Crippen LogP contribution in [-0.4, -0.2) is 36.6 Å². The lowest BCUT2D eigenvalue weighted by molar-refractivity contribution is -0.182. The van der Waals surface area contributed by atoms with Gasteiger partial charge in [0.15, 0.2) is 5.78 Å². The van der Waals surface area contributed by atoms with E-state index in [0.717, 1.165) is 10.6 Å². The molecule has 1 atom stereocenters. The molecule has 2 rings (SSSR count). The summed E-state index contributed by atoms with van der Waals surface area (Å²) < 4.78 is 38.8. The predicted molar refractivity (Wildman–Crippen MR) is 72.0 cm³/mol. The van der Waals surface area contributed by atoms with Crippen molar-refractivity contribution in [2.24, 2.45) is 5.41 Å². The largest absolute Gasteiger partial charge is 0.390 e. The fourth-order valence-corrected chi connectivity index (χ4v) is 2.69. The van der Waals surface area contributed by atoms with Gasteiger partial charge in [-0.2, -0.15) is 13.2 Å². The molecule has 22 heavy (non-hydrogen) atoms. The van der Waals surface area contributed by atoms with Crippen molar-refractivity contribution < 1.29 is 27.6 Å². The van der Waals surface area contributed by atoms with Crippen molar-refractivity contribution in [2.75, 3.05) is 13.7 Å². The average molecular weight is 315 g/mol. The molecule has 0 unspecified atom stereocenters. The molecule has 0 N–H and O–H groups in total. The molecule has 1 aliphatic heterocycles. The lowest BCUT2D eigenvalue weighted by Crippen LogP contribution is -2.43. The van der Waals surface area contributed by atoms with E-state index in [4.69, 9.17) is 4.84 Å². The molecule has 1 aromatic carbocycles. The van der Waals surface area contributed by atoms with Gasteiger partial charge in [-0.3, -0.25) is 14.4 Å². The minimum atomic E-state index is -4.63. The summed E-state index contributed by atoms with van der Waals surface area (Å²) in [5, 5.41) is 0.817. The van der Waals surface area contributed by atoms with Gasteiger partial charge in [0.25, 0.3) is 5.91 Å². The number of carbonyl (C=O) groups excluding carboxylic acids is 2. The number of rotatable bonds is 4. The second kappa shape index (κ2) is 5.72. The van der Waals surface area contributed by atoms with E-state index >= 15 is 0 Å². The number of ketones is 1. The number of hydroxylamine groups is 2. The molecule has 0 radical (unpaired) electrons. The molecule has 4 nitrogen and oxygen atoms in total. The van der Waals surface area contributed by atoms with Gasteiger partial charge < -0.3 is 0 Å². The minimum Gasteiger partial charge on any atom is -0.293 e. The number of nitrogens with zero attached hydrogens (tertiary/aromatic N) is 1. The van der Waals surface area contributed by atoms with Gasteiger partial charge in [0.2, 0.25) is 0 Å². The molecule has 0 spiro atoms. The third-order valence-corrected chi connectivity index (χ3v) is 3.85. The lowest BCUT2D eigenvalue weighted by atomic mass is 9.75. The first kappa shape index (κ1) is 16.5. The Morgan fingerprint density at radius 2 is 1.91 bits per heavy atom. The summed E-state index contributed by atoms with van der Waals surface area (Å²) >= 11 is 0. The van der Waals surface area contributed by atoms with Gasteiger partial charge in [-0.15, -0.1) is 0 Å². The van der Waals surface area contributed by atoms with Crippen molar-refractivity contribution in [1.82, 2.24) is 5.06 Å². The average Bonchev–Trinajstić information content (AvgIpc) is 2.75. The molecular formula is C15H16F3NO3. The van der Waals surface area contributed by atoms with Crippen LogP contribution in [0.25, 0.3) is 0 Å². The first-order valence-electron chi connectivity index (χ1n) is 6.74. The van der Waals surface area contributed by atoms with Crippen LogP contribution in [0, 0.1) is 12.3 Å². The fourth-order valence-electron chi connectivity index (χ4n) is 2.69. The number of Topliss-reactive ketones (excluding diaryl/α,β-unsaturated/α-hetero) is 1. The van der Waals surface area contributed by atoms with Gasteiger partial charge in [-0.1, -0.05) is 29.8 Å². The zero-order valence-corrected chi connectivity index (χ0v) is 12.2. The normalized spacial score (nSPS) is 22.2. The van der Waals surface area contributed by atoms with Crippen molar-refractivity contribution in [1.29, 1.82) is 0 Å². The summed E-state index contributed by atoms with van der Waals surface area (Å²) in [5.74, 6) is -1.74. The Labute approximate surface area is 125 Å². The van der Waals surface area contributed by atoms with Crippen LogP contribution >= 0.6 is 0 Å². The highest BCUT2D eigenvalue weighted by molar-refractivity contribution is 6.14. The molecule has 1 saturated heterocycles. The molecule has 120 valence electrons. The van der Waals surface area contributed by atoms with E-state index in [-0.39, 0.29) is 18.5 Å². The van der Waals surface area contributed by atoms with Crippen molar-refractivity contribution in [3.63, 3.8) is 0 Å². The van der Waals surface area contributed by atoms with Crippen molar-refractivity contribution in [2.45, 2.75) is 25.9 Å². The summed E-state index contributed by atoms with van der Waals surface area (Å²) in [7, 11) is 1.19. The first-order valence-corrected chi connectivity index (χ1v) is 6.74. The molecule has 0 aromatic heterocycles. The van der Waals surface area contributed by atoms with Gasteiger partial charge >= 0.3 is 6.18 Å². The number of alkyl halides is 3. The number of carbonyl (C=O) groups is 2. The summed E-state index contributed by atoms with van der Waals surface area (Å²) in [4.78, 5) is 29.7. The zero-order valence-electron chi connectivity index (χ0n) is 12.2. The Morgan fingerprint density at radius 1 is 1.32 bits per heavy atom. The van der Waals surface area contributed by atoms with E-state index in [2.05, 4.69) is 0 Å². The Hall–Kier alpha value is -1.89. The number of hydrogen-bond donors (Lipinski definition) is 0. The topological polar surface area (TPSA) is 46.6 Å². The Morgan fingerprint density at radius 3 is 2.36 bits per heavy atom. The van der Waals surface area contributed by atoms with E-state index in [1.165, 1.54) is 19.2 Å². The van der Waals surface area contributed by atoms with Crippen LogP contribution in [0.15, 0.2) is 24.3 Å². The van der Waals surface area contributed by atoms with Gasteiger partial charge in [0, 0.05) is 5.56 Å². The quantitative estimate of drug-likeness (QED) is 0.634. The fraction of sp³-hybridized carbons (Fsp3) is 0.467. The Kier molecular flexibility index (Phi) is 4.28. The molecule has 1 aromatic rings. The smallest absolute Gasteiger partial charge is 0.293 e. The van der Waals surface area contributed by atoms with Gasteiger partial charge in [-0.25, -0.2) is 5.06 Å². The second-order valence-corrected chi connectivity index (χ2v) is 5.41.